The van der Waals surface area contributed by atoms with Crippen LogP contribution in [-0.4, -0.2) is 17.6 Å². The van der Waals surface area contributed by atoms with Gasteiger partial charge >= 0.3 is 0 Å². The highest BCUT2D eigenvalue weighted by Crippen LogP contribution is 2.48. The number of benzene rings is 1. The van der Waals surface area contributed by atoms with Gasteiger partial charge in [-0.3, -0.25) is 4.98 Å². The molecular formula is C16H20N2. The maximum Gasteiger partial charge on any atom is 0.0346 e. The average Bonchev–Trinajstić information content (AvgIpc) is 3.15. The van der Waals surface area contributed by atoms with Gasteiger partial charge < -0.3 is 5.32 Å². The number of aromatic nitrogens is 1. The number of hydrogen-bond donors (Lipinski definition) is 1. The lowest BCUT2D eigenvalue weighted by atomic mass is 10.0. The molecule has 1 N–H and O–H groups in total. The van der Waals surface area contributed by atoms with E-state index in [2.05, 4.69) is 54.6 Å². The standard InChI is InChI=1S/C16H20N2/c1-11(2)18-9-13-7-15(13)16-10-17-8-12-5-3-4-6-14(12)16/h3-6,8,10-11,13,15,18H,7,9H2,1-2H3. The summed E-state index contributed by atoms with van der Waals surface area (Å²) in [5.74, 6) is 1.50. The molecular weight excluding hydrogens is 220 g/mol. The van der Waals surface area contributed by atoms with Gasteiger partial charge in [-0.15, -0.1) is 0 Å². The molecule has 2 nitrogen and oxygen atoms in total. The fraction of sp³-hybridized carbons (Fsp3) is 0.438. The first-order valence-electron chi connectivity index (χ1n) is 6.81. The Morgan fingerprint density at radius 2 is 2.11 bits per heavy atom. The summed E-state index contributed by atoms with van der Waals surface area (Å²) in [6.45, 7) is 5.54. The first kappa shape index (κ1) is 11.7. The quantitative estimate of drug-likeness (QED) is 0.886. The summed E-state index contributed by atoms with van der Waals surface area (Å²) in [6, 6.07) is 9.15. The first-order chi connectivity index (χ1) is 8.75. The van der Waals surface area contributed by atoms with Gasteiger partial charge in [-0.2, -0.15) is 0 Å². The summed E-state index contributed by atoms with van der Waals surface area (Å²) in [5, 5.41) is 6.18. The lowest BCUT2D eigenvalue weighted by Gasteiger charge is -2.08. The van der Waals surface area contributed by atoms with E-state index in [1.54, 1.807) is 0 Å². The third-order valence-electron chi connectivity index (χ3n) is 3.81. The fourth-order valence-electron chi connectivity index (χ4n) is 2.68. The van der Waals surface area contributed by atoms with Crippen molar-refractivity contribution in [1.82, 2.24) is 10.3 Å². The monoisotopic (exact) mass is 240 g/mol. The highest BCUT2D eigenvalue weighted by molar-refractivity contribution is 5.85. The van der Waals surface area contributed by atoms with Crippen LogP contribution in [0.25, 0.3) is 10.8 Å². The number of fused-ring (bicyclic) bond motifs is 1. The molecule has 0 radical (unpaired) electrons. The van der Waals surface area contributed by atoms with Gasteiger partial charge in [-0.25, -0.2) is 0 Å². The Balaban J connectivity index is 1.80. The minimum Gasteiger partial charge on any atom is -0.314 e. The Bertz CT molecular complexity index is 542. The molecule has 0 saturated heterocycles. The van der Waals surface area contributed by atoms with Crippen molar-refractivity contribution >= 4 is 10.8 Å². The second kappa shape index (κ2) is 4.69. The van der Waals surface area contributed by atoms with Gasteiger partial charge in [-0.05, 0) is 35.8 Å². The summed E-state index contributed by atoms with van der Waals surface area (Å²) < 4.78 is 0. The molecule has 1 aromatic heterocycles. The van der Waals surface area contributed by atoms with Gasteiger partial charge in [0, 0.05) is 23.8 Å². The summed E-state index contributed by atoms with van der Waals surface area (Å²) in [7, 11) is 0. The fourth-order valence-corrected chi connectivity index (χ4v) is 2.68. The third-order valence-corrected chi connectivity index (χ3v) is 3.81. The molecule has 1 aliphatic carbocycles. The summed E-state index contributed by atoms with van der Waals surface area (Å²) in [5.41, 5.74) is 1.43. The number of hydrogen-bond acceptors (Lipinski definition) is 2. The summed E-state index contributed by atoms with van der Waals surface area (Å²) in [6.07, 6.45) is 5.32. The molecule has 0 aliphatic heterocycles. The van der Waals surface area contributed by atoms with Gasteiger partial charge in [0.2, 0.25) is 0 Å². The van der Waals surface area contributed by atoms with E-state index in [9.17, 15) is 0 Å². The highest BCUT2D eigenvalue weighted by Gasteiger charge is 2.38. The van der Waals surface area contributed by atoms with Gasteiger partial charge in [0.05, 0.1) is 0 Å². The van der Waals surface area contributed by atoms with Crippen LogP contribution in [-0.2, 0) is 0 Å². The second-order valence-electron chi connectivity index (χ2n) is 5.62. The van der Waals surface area contributed by atoms with Crippen molar-refractivity contribution in [2.45, 2.75) is 32.2 Å². The maximum absolute atomic E-state index is 4.38. The molecule has 1 aliphatic rings. The zero-order chi connectivity index (χ0) is 12.5. The molecule has 1 saturated carbocycles. The van der Waals surface area contributed by atoms with Crippen molar-refractivity contribution in [2.75, 3.05) is 6.54 Å². The third kappa shape index (κ3) is 2.25. The van der Waals surface area contributed by atoms with Gasteiger partial charge in [0.1, 0.15) is 0 Å². The Kier molecular flexibility index (Phi) is 3.04. The molecule has 2 unspecified atom stereocenters. The minimum atomic E-state index is 0.580. The topological polar surface area (TPSA) is 24.9 Å². The van der Waals surface area contributed by atoms with Crippen LogP contribution in [0.1, 0.15) is 31.7 Å². The predicted molar refractivity (Wildman–Crippen MR) is 75.7 cm³/mol. The summed E-state index contributed by atoms with van der Waals surface area (Å²) in [4.78, 5) is 4.38. The van der Waals surface area contributed by atoms with Gasteiger partial charge in [-0.1, -0.05) is 38.1 Å². The first-order valence-corrected chi connectivity index (χ1v) is 6.81. The highest BCUT2D eigenvalue weighted by atomic mass is 14.9. The Hall–Kier alpha value is -1.41. The molecule has 3 rings (SSSR count). The van der Waals surface area contributed by atoms with Crippen LogP contribution in [0.2, 0.25) is 0 Å². The maximum atomic E-state index is 4.38. The van der Waals surface area contributed by atoms with Crippen molar-refractivity contribution in [2.24, 2.45) is 5.92 Å². The number of rotatable bonds is 4. The van der Waals surface area contributed by atoms with E-state index in [4.69, 9.17) is 0 Å². The van der Waals surface area contributed by atoms with E-state index >= 15 is 0 Å². The van der Waals surface area contributed by atoms with E-state index in [0.717, 1.165) is 12.5 Å². The molecule has 0 bridgehead atoms. The Morgan fingerprint density at radius 3 is 2.94 bits per heavy atom. The molecule has 0 spiro atoms. The SMILES string of the molecule is CC(C)NCC1CC1c1cncc2ccccc12. The molecule has 18 heavy (non-hydrogen) atoms. The van der Waals surface area contributed by atoms with Crippen LogP contribution >= 0.6 is 0 Å². The van der Waals surface area contributed by atoms with Crippen LogP contribution in [0.15, 0.2) is 36.7 Å². The zero-order valence-corrected chi connectivity index (χ0v) is 11.1. The average molecular weight is 240 g/mol. The van der Waals surface area contributed by atoms with E-state index in [1.807, 2.05) is 6.20 Å². The lowest BCUT2D eigenvalue weighted by molar-refractivity contribution is 0.555. The smallest absolute Gasteiger partial charge is 0.0346 e. The largest absolute Gasteiger partial charge is 0.314 e. The lowest BCUT2D eigenvalue weighted by Crippen LogP contribution is -2.25. The Morgan fingerprint density at radius 1 is 1.28 bits per heavy atom. The number of nitrogens with zero attached hydrogens (tertiary/aromatic N) is 1. The molecule has 2 aromatic rings. The van der Waals surface area contributed by atoms with E-state index < -0.39 is 0 Å². The Labute approximate surface area is 108 Å². The minimum absolute atomic E-state index is 0.580. The van der Waals surface area contributed by atoms with Gasteiger partial charge in [0.25, 0.3) is 0 Å². The predicted octanol–water partition coefficient (Wildman–Crippen LogP) is 3.34. The van der Waals surface area contributed by atoms with Crippen molar-refractivity contribution < 1.29 is 0 Å². The van der Waals surface area contributed by atoms with Crippen LogP contribution in [0.5, 0.6) is 0 Å². The molecule has 2 heteroatoms. The number of pyridine rings is 1. The van der Waals surface area contributed by atoms with Crippen LogP contribution < -0.4 is 5.32 Å². The van der Waals surface area contributed by atoms with Crippen LogP contribution in [0.3, 0.4) is 0 Å². The van der Waals surface area contributed by atoms with E-state index in [-0.39, 0.29) is 0 Å². The second-order valence-corrected chi connectivity index (χ2v) is 5.62. The molecule has 0 amide bonds. The van der Waals surface area contributed by atoms with Crippen molar-refractivity contribution in [3.63, 3.8) is 0 Å². The molecule has 1 heterocycles. The number of nitrogens with one attached hydrogen (secondary N) is 1. The molecule has 1 aromatic carbocycles. The van der Waals surface area contributed by atoms with Crippen LogP contribution in [0.4, 0.5) is 0 Å². The van der Waals surface area contributed by atoms with Gasteiger partial charge in [0.15, 0.2) is 0 Å². The summed E-state index contributed by atoms with van der Waals surface area (Å²) >= 11 is 0. The van der Waals surface area contributed by atoms with E-state index in [0.29, 0.717) is 12.0 Å². The molecule has 1 fully saturated rings. The molecule has 2 atom stereocenters. The van der Waals surface area contributed by atoms with Crippen molar-refractivity contribution in [3.8, 4) is 0 Å². The zero-order valence-electron chi connectivity index (χ0n) is 11.1. The molecule has 94 valence electrons. The van der Waals surface area contributed by atoms with E-state index in [1.165, 1.54) is 22.8 Å². The van der Waals surface area contributed by atoms with Crippen molar-refractivity contribution in [3.05, 3.63) is 42.2 Å². The normalized spacial score (nSPS) is 22.6. The van der Waals surface area contributed by atoms with Crippen molar-refractivity contribution in [1.29, 1.82) is 0 Å². The van der Waals surface area contributed by atoms with Crippen LogP contribution in [0, 0.1) is 5.92 Å².